The average molecular weight is 407 g/mol. The number of quaternary nitrogens is 1. The predicted molar refractivity (Wildman–Crippen MR) is 112 cm³/mol. The molecule has 0 spiro atoms. The van der Waals surface area contributed by atoms with Gasteiger partial charge in [-0.1, -0.05) is 36.4 Å². The van der Waals surface area contributed by atoms with Gasteiger partial charge in [0, 0.05) is 17.7 Å². The number of hydrogen-bond acceptors (Lipinski definition) is 3. The highest BCUT2D eigenvalue weighted by atomic mass is 19.1. The van der Waals surface area contributed by atoms with Gasteiger partial charge in [-0.3, -0.25) is 4.79 Å². The molecule has 6 heteroatoms. The molecule has 3 aromatic rings. The van der Waals surface area contributed by atoms with E-state index in [9.17, 15) is 9.18 Å². The van der Waals surface area contributed by atoms with Crippen LogP contribution in [0.2, 0.25) is 0 Å². The summed E-state index contributed by atoms with van der Waals surface area (Å²) in [7, 11) is 0. The van der Waals surface area contributed by atoms with Gasteiger partial charge in [0.25, 0.3) is 5.91 Å². The Bertz CT molecular complexity index is 993. The molecule has 0 saturated heterocycles. The summed E-state index contributed by atoms with van der Waals surface area (Å²) >= 11 is 0. The van der Waals surface area contributed by atoms with Gasteiger partial charge in [-0.15, -0.1) is 0 Å². The Labute approximate surface area is 174 Å². The SMILES string of the molecule is O=C(Nc1ccc(F)cc1)[C@@H]([NH2+]CCc1ccc2c(c1)OCCO2)c1ccccc1. The minimum absolute atomic E-state index is 0.144. The van der Waals surface area contributed by atoms with Gasteiger partial charge in [0.05, 0.1) is 6.54 Å². The highest BCUT2D eigenvalue weighted by Gasteiger charge is 2.24. The molecule has 0 bridgehead atoms. The van der Waals surface area contributed by atoms with E-state index in [4.69, 9.17) is 9.47 Å². The summed E-state index contributed by atoms with van der Waals surface area (Å²) < 4.78 is 24.4. The smallest absolute Gasteiger partial charge is 0.287 e. The number of halogens is 1. The lowest BCUT2D eigenvalue weighted by molar-refractivity contribution is -0.682. The molecule has 0 unspecified atom stereocenters. The van der Waals surface area contributed by atoms with Crippen LogP contribution in [-0.4, -0.2) is 25.7 Å². The van der Waals surface area contributed by atoms with Gasteiger partial charge in [0.1, 0.15) is 19.0 Å². The summed E-state index contributed by atoms with van der Waals surface area (Å²) in [5.74, 6) is 1.07. The Hall–Kier alpha value is -3.38. The fourth-order valence-electron chi connectivity index (χ4n) is 3.47. The summed E-state index contributed by atoms with van der Waals surface area (Å²) in [6.45, 7) is 1.85. The number of carbonyl (C=O) groups excluding carboxylic acids is 1. The van der Waals surface area contributed by atoms with Crippen LogP contribution in [0.15, 0.2) is 72.8 Å². The van der Waals surface area contributed by atoms with Crippen LogP contribution >= 0.6 is 0 Å². The maximum absolute atomic E-state index is 13.1. The van der Waals surface area contributed by atoms with Crippen molar-refractivity contribution < 1.29 is 24.0 Å². The largest absolute Gasteiger partial charge is 0.486 e. The van der Waals surface area contributed by atoms with E-state index in [-0.39, 0.29) is 11.7 Å². The van der Waals surface area contributed by atoms with E-state index in [0.717, 1.165) is 35.6 Å². The van der Waals surface area contributed by atoms with Crippen LogP contribution in [0.25, 0.3) is 0 Å². The number of nitrogens with one attached hydrogen (secondary N) is 1. The standard InChI is InChI=1S/C24H23FN2O3/c25-19-7-9-20(10-8-19)27-24(28)23(18-4-2-1-3-5-18)26-13-12-17-6-11-21-22(16-17)30-15-14-29-21/h1-11,16,23,26H,12-15H2,(H,27,28)/p+1/t23-/m0/s1. The number of rotatable bonds is 7. The van der Waals surface area contributed by atoms with Crippen LogP contribution in [0.5, 0.6) is 11.5 Å². The van der Waals surface area contributed by atoms with Crippen molar-refractivity contribution in [2.75, 3.05) is 25.1 Å². The van der Waals surface area contributed by atoms with E-state index in [1.165, 1.54) is 12.1 Å². The molecule has 4 rings (SSSR count). The third kappa shape index (κ3) is 4.96. The van der Waals surface area contributed by atoms with Gasteiger partial charge in [-0.05, 0) is 42.0 Å². The molecule has 1 aliphatic heterocycles. The van der Waals surface area contributed by atoms with Crippen molar-refractivity contribution in [3.05, 3.63) is 89.7 Å². The fourth-order valence-corrected chi connectivity index (χ4v) is 3.47. The van der Waals surface area contributed by atoms with E-state index >= 15 is 0 Å². The number of amides is 1. The molecule has 5 nitrogen and oxygen atoms in total. The zero-order valence-corrected chi connectivity index (χ0v) is 16.5. The summed E-state index contributed by atoms with van der Waals surface area (Å²) in [6.07, 6.45) is 0.782. The lowest BCUT2D eigenvalue weighted by Crippen LogP contribution is -2.87. The second kappa shape index (κ2) is 9.41. The third-order valence-electron chi connectivity index (χ3n) is 4.99. The first-order valence-electron chi connectivity index (χ1n) is 10.0. The molecule has 0 saturated carbocycles. The van der Waals surface area contributed by atoms with Crippen LogP contribution < -0.4 is 20.1 Å². The zero-order valence-electron chi connectivity index (χ0n) is 16.5. The lowest BCUT2D eigenvalue weighted by Gasteiger charge is -2.19. The molecule has 3 N–H and O–H groups in total. The van der Waals surface area contributed by atoms with Crippen molar-refractivity contribution in [3.63, 3.8) is 0 Å². The number of fused-ring (bicyclic) bond motifs is 1. The second-order valence-corrected chi connectivity index (χ2v) is 7.14. The quantitative estimate of drug-likeness (QED) is 0.633. The van der Waals surface area contributed by atoms with Crippen LogP contribution in [0.3, 0.4) is 0 Å². The third-order valence-corrected chi connectivity index (χ3v) is 4.99. The number of nitrogens with two attached hydrogens (primary N) is 1. The summed E-state index contributed by atoms with van der Waals surface area (Å²) in [5, 5.41) is 4.90. The number of carbonyl (C=O) groups is 1. The molecule has 0 fully saturated rings. The minimum Gasteiger partial charge on any atom is -0.486 e. The molecule has 1 aliphatic rings. The van der Waals surface area contributed by atoms with Crippen LogP contribution in [0.1, 0.15) is 17.2 Å². The molecule has 3 aromatic carbocycles. The Balaban J connectivity index is 1.42. The second-order valence-electron chi connectivity index (χ2n) is 7.14. The van der Waals surface area contributed by atoms with Crippen molar-refractivity contribution in [1.82, 2.24) is 0 Å². The molecular formula is C24H24FN2O3+. The van der Waals surface area contributed by atoms with E-state index in [1.807, 2.05) is 53.8 Å². The van der Waals surface area contributed by atoms with E-state index in [0.29, 0.717) is 18.9 Å². The summed E-state index contributed by atoms with van der Waals surface area (Å²) in [4.78, 5) is 13.0. The molecule has 0 aromatic heterocycles. The van der Waals surface area contributed by atoms with Gasteiger partial charge in [0.2, 0.25) is 0 Å². The van der Waals surface area contributed by atoms with Crippen LogP contribution in [-0.2, 0) is 11.2 Å². The highest BCUT2D eigenvalue weighted by molar-refractivity contribution is 5.94. The molecule has 0 radical (unpaired) electrons. The average Bonchev–Trinajstić information content (AvgIpc) is 2.78. The van der Waals surface area contributed by atoms with Crippen molar-refractivity contribution >= 4 is 11.6 Å². The van der Waals surface area contributed by atoms with E-state index in [1.54, 1.807) is 12.1 Å². The van der Waals surface area contributed by atoms with Crippen molar-refractivity contribution in [2.24, 2.45) is 0 Å². The fraction of sp³-hybridized carbons (Fsp3) is 0.208. The molecule has 1 atom stereocenters. The first-order valence-corrected chi connectivity index (χ1v) is 10.0. The van der Waals surface area contributed by atoms with Crippen molar-refractivity contribution in [2.45, 2.75) is 12.5 Å². The molecule has 30 heavy (non-hydrogen) atoms. The Morgan fingerprint density at radius 3 is 2.47 bits per heavy atom. The number of ether oxygens (including phenoxy) is 2. The van der Waals surface area contributed by atoms with Gasteiger partial charge in [-0.2, -0.15) is 0 Å². The molecular weight excluding hydrogens is 383 g/mol. The van der Waals surface area contributed by atoms with E-state index < -0.39 is 6.04 Å². The predicted octanol–water partition coefficient (Wildman–Crippen LogP) is 3.08. The molecule has 0 aliphatic carbocycles. The minimum atomic E-state index is -0.409. The van der Waals surface area contributed by atoms with Crippen LogP contribution in [0.4, 0.5) is 10.1 Å². The maximum Gasteiger partial charge on any atom is 0.287 e. The number of anilines is 1. The highest BCUT2D eigenvalue weighted by Crippen LogP contribution is 2.30. The zero-order chi connectivity index (χ0) is 20.8. The maximum atomic E-state index is 13.1. The Morgan fingerprint density at radius 2 is 1.70 bits per heavy atom. The summed E-state index contributed by atoms with van der Waals surface area (Å²) in [5.41, 5.74) is 2.61. The molecule has 1 heterocycles. The van der Waals surface area contributed by atoms with Gasteiger partial charge in [-0.25, -0.2) is 4.39 Å². The Morgan fingerprint density at radius 1 is 0.967 bits per heavy atom. The topological polar surface area (TPSA) is 64.2 Å². The van der Waals surface area contributed by atoms with Gasteiger partial charge >= 0.3 is 0 Å². The Kier molecular flexibility index (Phi) is 6.25. The van der Waals surface area contributed by atoms with Crippen molar-refractivity contribution in [1.29, 1.82) is 0 Å². The molecule has 1 amide bonds. The summed E-state index contributed by atoms with van der Waals surface area (Å²) in [6, 6.07) is 21.0. The normalized spacial score (nSPS) is 13.5. The van der Waals surface area contributed by atoms with Gasteiger partial charge in [0.15, 0.2) is 17.5 Å². The number of hydrogen-bond donors (Lipinski definition) is 2. The molecule has 154 valence electrons. The first-order chi connectivity index (χ1) is 14.7. The van der Waals surface area contributed by atoms with E-state index in [2.05, 4.69) is 5.32 Å². The first kappa shape index (κ1) is 19.9. The van der Waals surface area contributed by atoms with Crippen molar-refractivity contribution in [3.8, 4) is 11.5 Å². The monoisotopic (exact) mass is 407 g/mol. The number of benzene rings is 3. The van der Waals surface area contributed by atoms with Crippen LogP contribution in [0, 0.1) is 5.82 Å². The lowest BCUT2D eigenvalue weighted by atomic mass is 10.0. The van der Waals surface area contributed by atoms with Gasteiger partial charge < -0.3 is 20.1 Å².